The fourth-order valence-electron chi connectivity index (χ4n) is 4.82. The summed E-state index contributed by atoms with van der Waals surface area (Å²) < 4.78 is 27.5. The molecule has 3 heterocycles. The fraction of sp³-hybridized carbons (Fsp3) is 0.444. The zero-order valence-corrected chi connectivity index (χ0v) is 22.1. The second-order valence-corrected chi connectivity index (χ2v) is 10.1. The van der Waals surface area contributed by atoms with Gasteiger partial charge in [0.2, 0.25) is 17.5 Å². The Kier molecular flexibility index (Phi) is 8.77. The summed E-state index contributed by atoms with van der Waals surface area (Å²) >= 11 is 0. The first kappa shape index (κ1) is 30.9. The van der Waals surface area contributed by atoms with Crippen molar-refractivity contribution in [2.75, 3.05) is 13.2 Å². The van der Waals surface area contributed by atoms with Gasteiger partial charge in [-0.05, 0) is 24.3 Å². The number of phenolic OH excluding ortho intramolecular Hbond substituents is 2. The van der Waals surface area contributed by atoms with Crippen LogP contribution in [0, 0.1) is 0 Å². The van der Waals surface area contributed by atoms with Crippen LogP contribution in [0.25, 0.3) is 22.3 Å². The van der Waals surface area contributed by atoms with Crippen LogP contribution in [-0.4, -0.2) is 126 Å². The van der Waals surface area contributed by atoms with Crippen molar-refractivity contribution >= 4 is 11.0 Å². The summed E-state index contributed by atoms with van der Waals surface area (Å²) in [5.74, 6) is -2.03. The highest BCUT2D eigenvalue weighted by molar-refractivity contribution is 5.88. The van der Waals surface area contributed by atoms with Gasteiger partial charge in [-0.1, -0.05) is 0 Å². The van der Waals surface area contributed by atoms with E-state index >= 15 is 0 Å². The number of phenols is 2. The number of aromatic hydroxyl groups is 3. The third-order valence-electron chi connectivity index (χ3n) is 7.25. The minimum absolute atomic E-state index is 0.0741. The number of ether oxygens (including phenoxy) is 4. The van der Waals surface area contributed by atoms with Crippen molar-refractivity contribution in [1.82, 2.24) is 0 Å². The SMILES string of the molecule is O=c1c(O)c(-c2ccc(O)cc2)oc2cc(O[C@H]3O[C@@H](CO[C@H]4O[C@@H](CO)[C@H](O)[C@@H](O)[C@@H]4O)[C@H](O)[C@@H](O)[C@@H]3O)cc(O)c12. The zero-order valence-electron chi connectivity index (χ0n) is 22.1. The molecule has 2 fully saturated rings. The Hall–Kier alpha value is -3.55. The van der Waals surface area contributed by atoms with Gasteiger partial charge < -0.3 is 74.4 Å². The lowest BCUT2D eigenvalue weighted by Crippen LogP contribution is -2.62. The minimum atomic E-state index is -1.84. The molecule has 2 saturated heterocycles. The maximum absolute atomic E-state index is 12.8. The average Bonchev–Trinajstić information content (AvgIpc) is 2.98. The third kappa shape index (κ3) is 5.85. The van der Waals surface area contributed by atoms with Crippen LogP contribution in [0.15, 0.2) is 45.6 Å². The molecule has 16 nitrogen and oxygen atoms in total. The van der Waals surface area contributed by atoms with E-state index in [9.17, 15) is 55.9 Å². The lowest BCUT2D eigenvalue weighted by molar-refractivity contribution is -0.323. The summed E-state index contributed by atoms with van der Waals surface area (Å²) in [6.45, 7) is -1.30. The van der Waals surface area contributed by atoms with Crippen LogP contribution in [0.4, 0.5) is 0 Å². The molecule has 0 aliphatic carbocycles. The van der Waals surface area contributed by atoms with E-state index in [0.717, 1.165) is 12.1 Å². The number of fused-ring (bicyclic) bond motifs is 1. The van der Waals surface area contributed by atoms with Crippen LogP contribution < -0.4 is 10.2 Å². The molecule has 0 unspecified atom stereocenters. The van der Waals surface area contributed by atoms with Crippen molar-refractivity contribution in [3.63, 3.8) is 0 Å². The number of benzene rings is 2. The van der Waals surface area contributed by atoms with Crippen LogP contribution in [0.2, 0.25) is 0 Å². The van der Waals surface area contributed by atoms with Gasteiger partial charge in [0.25, 0.3) is 0 Å². The maximum atomic E-state index is 12.8. The van der Waals surface area contributed by atoms with E-state index in [1.54, 1.807) is 0 Å². The molecule has 0 bridgehead atoms. The van der Waals surface area contributed by atoms with Crippen LogP contribution in [-0.2, 0) is 14.2 Å². The number of aliphatic hydroxyl groups is 7. The second kappa shape index (κ2) is 12.2. The highest BCUT2D eigenvalue weighted by Crippen LogP contribution is 2.37. The van der Waals surface area contributed by atoms with Crippen LogP contribution in [0.5, 0.6) is 23.0 Å². The number of hydrogen-bond acceptors (Lipinski definition) is 16. The molecule has 0 amide bonds. The lowest BCUT2D eigenvalue weighted by atomic mass is 9.98. The first-order valence-electron chi connectivity index (χ1n) is 13.0. The van der Waals surface area contributed by atoms with Gasteiger partial charge in [0.05, 0.1) is 13.2 Å². The summed E-state index contributed by atoms with van der Waals surface area (Å²) in [6, 6.07) is 7.47. The van der Waals surface area contributed by atoms with Gasteiger partial charge in [-0.3, -0.25) is 4.79 Å². The summed E-state index contributed by atoms with van der Waals surface area (Å²) in [5, 5.41) is 101. The predicted octanol–water partition coefficient (Wildman–Crippen LogP) is -2.42. The van der Waals surface area contributed by atoms with E-state index in [1.807, 2.05) is 0 Å². The molecule has 0 spiro atoms. The molecule has 2 aromatic carbocycles. The Morgan fingerprint density at radius 2 is 1.35 bits per heavy atom. The van der Waals surface area contributed by atoms with Crippen molar-refractivity contribution in [2.24, 2.45) is 0 Å². The molecule has 10 N–H and O–H groups in total. The Morgan fingerprint density at radius 1 is 0.744 bits per heavy atom. The van der Waals surface area contributed by atoms with E-state index in [4.69, 9.17) is 23.4 Å². The predicted molar refractivity (Wildman–Crippen MR) is 140 cm³/mol. The quantitative estimate of drug-likeness (QED) is 0.133. The Balaban J connectivity index is 1.37. The zero-order chi connectivity index (χ0) is 31.2. The summed E-state index contributed by atoms with van der Waals surface area (Å²) in [5.41, 5.74) is -0.981. The molecule has 2 aliphatic heterocycles. The van der Waals surface area contributed by atoms with E-state index in [-0.39, 0.29) is 28.4 Å². The van der Waals surface area contributed by atoms with Crippen molar-refractivity contribution < 1.29 is 74.4 Å². The molecule has 10 atom stereocenters. The van der Waals surface area contributed by atoms with Gasteiger partial charge in [0.1, 0.15) is 77.0 Å². The Bertz CT molecular complexity index is 1490. The highest BCUT2D eigenvalue weighted by Gasteiger charge is 2.48. The van der Waals surface area contributed by atoms with Crippen LogP contribution >= 0.6 is 0 Å². The summed E-state index contributed by atoms with van der Waals surface area (Å²) in [7, 11) is 0. The molecule has 2 aliphatic rings. The molecule has 0 saturated carbocycles. The smallest absolute Gasteiger partial charge is 0.238 e. The standard InChI is InChI=1S/C27H30O16/c28-7-14-17(31)20(34)23(37)26(42-14)39-8-15-18(32)21(35)24(38)27(43-15)40-11-5-12(30)16-13(6-11)41-25(22(36)19(16)33)9-1-3-10(29)4-2-9/h1-6,14-15,17-18,20-21,23-24,26-32,34-38H,7-8H2/t14-,15-,17-,18-,20+,21+,23-,24-,26-,27-/m0/s1. The first-order valence-corrected chi connectivity index (χ1v) is 13.0. The van der Waals surface area contributed by atoms with Crippen molar-refractivity contribution in [1.29, 1.82) is 0 Å². The molecular weight excluding hydrogens is 580 g/mol. The topological polar surface area (TPSA) is 269 Å². The van der Waals surface area contributed by atoms with Crippen molar-refractivity contribution in [3.05, 3.63) is 46.6 Å². The molecule has 16 heteroatoms. The molecule has 5 rings (SSSR count). The Labute approximate surface area is 241 Å². The highest BCUT2D eigenvalue weighted by atomic mass is 16.7. The van der Waals surface area contributed by atoms with Crippen molar-refractivity contribution in [3.8, 4) is 34.3 Å². The normalized spacial score (nSPS) is 33.0. The summed E-state index contributed by atoms with van der Waals surface area (Å²) in [6.07, 6.45) is -16.5. The number of hydrogen-bond donors (Lipinski definition) is 10. The monoisotopic (exact) mass is 610 g/mol. The van der Waals surface area contributed by atoms with Crippen molar-refractivity contribution in [2.45, 2.75) is 61.4 Å². The van der Waals surface area contributed by atoms with E-state index in [1.165, 1.54) is 24.3 Å². The summed E-state index contributed by atoms with van der Waals surface area (Å²) in [4.78, 5) is 12.8. The van der Waals surface area contributed by atoms with Gasteiger partial charge in [0.15, 0.2) is 12.1 Å². The second-order valence-electron chi connectivity index (χ2n) is 10.1. The molecule has 234 valence electrons. The van der Waals surface area contributed by atoms with Crippen LogP contribution in [0.1, 0.15) is 0 Å². The lowest BCUT2D eigenvalue weighted by Gasteiger charge is -2.42. The third-order valence-corrected chi connectivity index (χ3v) is 7.25. The molecular formula is C27H30O16. The van der Waals surface area contributed by atoms with Gasteiger partial charge in [-0.15, -0.1) is 0 Å². The molecule has 1 aromatic heterocycles. The average molecular weight is 611 g/mol. The van der Waals surface area contributed by atoms with E-state index in [0.29, 0.717) is 0 Å². The molecule has 0 radical (unpaired) electrons. The number of aliphatic hydroxyl groups excluding tert-OH is 7. The van der Waals surface area contributed by atoms with E-state index < -0.39 is 96.9 Å². The van der Waals surface area contributed by atoms with Gasteiger partial charge in [-0.2, -0.15) is 0 Å². The first-order chi connectivity index (χ1) is 20.4. The van der Waals surface area contributed by atoms with E-state index in [2.05, 4.69) is 0 Å². The van der Waals surface area contributed by atoms with Gasteiger partial charge in [-0.25, -0.2) is 0 Å². The molecule has 43 heavy (non-hydrogen) atoms. The number of rotatable bonds is 7. The maximum Gasteiger partial charge on any atom is 0.238 e. The van der Waals surface area contributed by atoms with Crippen LogP contribution in [0.3, 0.4) is 0 Å². The largest absolute Gasteiger partial charge is 0.508 e. The van der Waals surface area contributed by atoms with Gasteiger partial charge in [0, 0.05) is 17.7 Å². The molecule has 3 aromatic rings. The Morgan fingerprint density at radius 3 is 2.00 bits per heavy atom. The fourth-order valence-corrected chi connectivity index (χ4v) is 4.82. The minimum Gasteiger partial charge on any atom is -0.508 e. The van der Waals surface area contributed by atoms with Gasteiger partial charge >= 0.3 is 0 Å².